The highest BCUT2D eigenvalue weighted by molar-refractivity contribution is 6.08. The van der Waals surface area contributed by atoms with Gasteiger partial charge in [0.25, 0.3) is 11.5 Å². The average molecular weight is 548 g/mol. The van der Waals surface area contributed by atoms with Crippen molar-refractivity contribution in [2.45, 2.75) is 26.4 Å². The van der Waals surface area contributed by atoms with Gasteiger partial charge in [-0.3, -0.25) is 14.5 Å². The van der Waals surface area contributed by atoms with Crippen molar-refractivity contribution in [1.82, 2.24) is 14.9 Å². The van der Waals surface area contributed by atoms with Gasteiger partial charge in [-0.25, -0.2) is 4.98 Å². The van der Waals surface area contributed by atoms with Gasteiger partial charge >= 0.3 is 0 Å². The number of carbonyl (C=O) groups excluding carboxylic acids is 1. The monoisotopic (exact) mass is 547 g/mol. The van der Waals surface area contributed by atoms with Gasteiger partial charge in [-0.15, -0.1) is 0 Å². The van der Waals surface area contributed by atoms with Crippen molar-refractivity contribution in [1.29, 1.82) is 0 Å². The van der Waals surface area contributed by atoms with Gasteiger partial charge < -0.3 is 35.3 Å². The quantitative estimate of drug-likeness (QED) is 0.336. The van der Waals surface area contributed by atoms with Crippen molar-refractivity contribution in [3.8, 4) is 5.88 Å². The number of nitrogens with zero attached hydrogens (tertiary/aromatic N) is 3. The summed E-state index contributed by atoms with van der Waals surface area (Å²) < 4.78 is 11.2. The van der Waals surface area contributed by atoms with Gasteiger partial charge in [-0.05, 0) is 51.1 Å². The number of amides is 1. The number of carbonyl (C=O) groups is 1. The molecule has 0 atom stereocenters. The molecular weight excluding hydrogens is 510 g/mol. The van der Waals surface area contributed by atoms with Crippen LogP contribution in [0.5, 0.6) is 5.88 Å². The lowest BCUT2D eigenvalue weighted by molar-refractivity contribution is 0.102. The fourth-order valence-electron chi connectivity index (χ4n) is 4.94. The summed E-state index contributed by atoms with van der Waals surface area (Å²) >= 11 is 0. The van der Waals surface area contributed by atoms with Gasteiger partial charge in [0.15, 0.2) is 0 Å². The lowest BCUT2D eigenvalue weighted by Crippen LogP contribution is -2.47. The van der Waals surface area contributed by atoms with E-state index in [1.807, 2.05) is 45.0 Å². The number of rotatable bonds is 8. The highest BCUT2D eigenvalue weighted by Crippen LogP contribution is 2.37. The smallest absolute Gasteiger partial charge is 0.263 e. The number of hydrogen-bond acceptors (Lipinski definition) is 9. The van der Waals surface area contributed by atoms with E-state index in [9.17, 15) is 9.59 Å². The van der Waals surface area contributed by atoms with Crippen molar-refractivity contribution in [2.24, 2.45) is 0 Å². The Hall–Kier alpha value is -4.09. The number of methoxy groups -OCH3 is 1. The summed E-state index contributed by atoms with van der Waals surface area (Å²) in [7, 11) is 1.73. The number of H-pyrrole nitrogens is 1. The number of nitrogens with one attached hydrogen (secondary N) is 4. The average Bonchev–Trinajstić information content (AvgIpc) is 2.93. The second-order valence-corrected chi connectivity index (χ2v) is 10.7. The molecule has 0 bridgehead atoms. The Morgan fingerprint density at radius 1 is 1.12 bits per heavy atom. The van der Waals surface area contributed by atoms with Crippen LogP contribution in [0, 0.1) is 6.92 Å². The van der Waals surface area contributed by atoms with E-state index in [1.54, 1.807) is 19.4 Å². The number of hydrogen-bond donors (Lipinski definition) is 4. The van der Waals surface area contributed by atoms with Gasteiger partial charge in [0.05, 0.1) is 30.7 Å². The zero-order valence-corrected chi connectivity index (χ0v) is 23.5. The molecule has 40 heavy (non-hydrogen) atoms. The largest absolute Gasteiger partial charge is 0.468 e. The van der Waals surface area contributed by atoms with Crippen LogP contribution in [0.1, 0.15) is 29.8 Å². The number of aromatic amines is 1. The summed E-state index contributed by atoms with van der Waals surface area (Å²) in [6, 6.07) is 9.37. The van der Waals surface area contributed by atoms with Crippen LogP contribution < -0.4 is 31.1 Å². The van der Waals surface area contributed by atoms with E-state index in [-0.39, 0.29) is 11.2 Å². The van der Waals surface area contributed by atoms with Gasteiger partial charge in [0.1, 0.15) is 16.9 Å². The van der Waals surface area contributed by atoms with Gasteiger partial charge in [0, 0.05) is 63.0 Å². The minimum Gasteiger partial charge on any atom is -0.468 e. The lowest BCUT2D eigenvalue weighted by atomic mass is 10.1. The molecule has 5 rings (SSSR count). The first-order valence-electron chi connectivity index (χ1n) is 13.5. The Labute approximate surface area is 233 Å². The molecule has 11 nitrogen and oxygen atoms in total. The van der Waals surface area contributed by atoms with Gasteiger partial charge in [-0.1, -0.05) is 0 Å². The maximum Gasteiger partial charge on any atom is 0.263 e. The van der Waals surface area contributed by atoms with Crippen LogP contribution in [0.25, 0.3) is 0 Å². The van der Waals surface area contributed by atoms with Crippen LogP contribution >= 0.6 is 0 Å². The predicted molar refractivity (Wildman–Crippen MR) is 157 cm³/mol. The van der Waals surface area contributed by atoms with Gasteiger partial charge in [-0.2, -0.15) is 0 Å². The van der Waals surface area contributed by atoms with E-state index in [4.69, 9.17) is 9.47 Å². The topological polar surface area (TPSA) is 124 Å². The third-order valence-electron chi connectivity index (χ3n) is 7.30. The molecule has 4 N–H and O–H groups in total. The fraction of sp³-hybridized carbons (Fsp3) is 0.414. The molecule has 212 valence electrons. The number of fused-ring (bicyclic) bond motifs is 1. The minimum atomic E-state index is -0.504. The first-order chi connectivity index (χ1) is 19.2. The van der Waals surface area contributed by atoms with Crippen molar-refractivity contribution in [3.63, 3.8) is 0 Å². The van der Waals surface area contributed by atoms with Crippen LogP contribution in [0.4, 0.5) is 28.4 Å². The Balaban J connectivity index is 1.28. The molecule has 1 saturated heterocycles. The summed E-state index contributed by atoms with van der Waals surface area (Å²) in [4.78, 5) is 37.9. The lowest BCUT2D eigenvalue weighted by Gasteiger charge is -2.36. The molecule has 3 aromatic rings. The standard InChI is InChI=1S/C29H37N7O4/c1-19-23(17-31-28-25(19)32-18-29(2,3)40-28)34-22-9-10-30-26(37)24(22)27(38)33-20-5-7-21(8-6-20)36-13-11-35(12-14-36)15-16-39-4/h5-10,17,32H,11-16,18H2,1-4H3,(H,33,38)(H2,30,34,37). The Bertz CT molecular complexity index is 1410. The van der Waals surface area contributed by atoms with Crippen LogP contribution in [0.15, 0.2) is 47.5 Å². The summed E-state index contributed by atoms with van der Waals surface area (Å²) in [6.07, 6.45) is 3.16. The molecule has 1 fully saturated rings. The zero-order chi connectivity index (χ0) is 28.3. The Morgan fingerprint density at radius 2 is 1.88 bits per heavy atom. The van der Waals surface area contributed by atoms with Crippen LogP contribution in [0.3, 0.4) is 0 Å². The number of aromatic nitrogens is 2. The first-order valence-corrected chi connectivity index (χ1v) is 13.5. The van der Waals surface area contributed by atoms with Crippen molar-refractivity contribution >= 4 is 34.3 Å². The molecule has 11 heteroatoms. The molecule has 1 aromatic carbocycles. The summed E-state index contributed by atoms with van der Waals surface area (Å²) in [5.74, 6) is 0.0234. The van der Waals surface area contributed by atoms with E-state index in [2.05, 4.69) is 35.7 Å². The van der Waals surface area contributed by atoms with E-state index in [0.717, 1.165) is 56.3 Å². The van der Waals surface area contributed by atoms with E-state index >= 15 is 0 Å². The molecule has 2 aliphatic rings. The Morgan fingerprint density at radius 3 is 2.60 bits per heavy atom. The molecule has 4 heterocycles. The highest BCUT2D eigenvalue weighted by atomic mass is 16.5. The van der Waals surface area contributed by atoms with E-state index in [0.29, 0.717) is 29.5 Å². The number of benzene rings is 1. The zero-order valence-electron chi connectivity index (χ0n) is 23.5. The fourth-order valence-corrected chi connectivity index (χ4v) is 4.94. The van der Waals surface area contributed by atoms with Gasteiger partial charge in [0.2, 0.25) is 5.88 Å². The van der Waals surface area contributed by atoms with E-state index in [1.165, 1.54) is 6.20 Å². The van der Waals surface area contributed by atoms with Crippen molar-refractivity contribution < 1.29 is 14.3 Å². The maximum atomic E-state index is 13.3. The molecule has 1 amide bonds. The van der Waals surface area contributed by atoms with Crippen LogP contribution in [-0.4, -0.2) is 79.4 Å². The number of piperazine rings is 1. The van der Waals surface area contributed by atoms with E-state index < -0.39 is 11.5 Å². The number of anilines is 5. The molecule has 2 aromatic heterocycles. The number of ether oxygens (including phenoxy) is 2. The predicted octanol–water partition coefficient (Wildman–Crippen LogP) is 3.43. The van der Waals surface area contributed by atoms with Crippen molar-refractivity contribution in [2.75, 3.05) is 73.8 Å². The molecule has 0 radical (unpaired) electrons. The molecular formula is C29H37N7O4. The second kappa shape index (κ2) is 11.6. The summed E-state index contributed by atoms with van der Waals surface area (Å²) in [5.41, 5.74) is 3.55. The minimum absolute atomic E-state index is 0.0128. The molecule has 0 saturated carbocycles. The molecule has 0 aliphatic carbocycles. The van der Waals surface area contributed by atoms with Crippen LogP contribution in [0.2, 0.25) is 0 Å². The molecule has 0 spiro atoms. The summed E-state index contributed by atoms with van der Waals surface area (Å²) in [5, 5.41) is 9.48. The van der Waals surface area contributed by atoms with Crippen molar-refractivity contribution in [3.05, 3.63) is 64.2 Å². The normalized spacial score (nSPS) is 16.4. The molecule has 0 unspecified atom stereocenters. The molecule has 2 aliphatic heterocycles. The summed E-state index contributed by atoms with van der Waals surface area (Å²) in [6.45, 7) is 12.1. The maximum absolute atomic E-state index is 13.3. The number of pyridine rings is 2. The second-order valence-electron chi connectivity index (χ2n) is 10.7. The third kappa shape index (κ3) is 6.05. The Kier molecular flexibility index (Phi) is 7.95. The SMILES string of the molecule is COCCN1CCN(c2ccc(NC(=O)c3c(Nc4cnc5c(c4C)NCC(C)(C)O5)cc[nH]c3=O)cc2)CC1. The third-order valence-corrected chi connectivity index (χ3v) is 7.30. The van der Waals surface area contributed by atoms with Crippen LogP contribution in [-0.2, 0) is 4.74 Å². The highest BCUT2D eigenvalue weighted by Gasteiger charge is 2.29. The first kappa shape index (κ1) is 27.5.